The summed E-state index contributed by atoms with van der Waals surface area (Å²) in [7, 11) is 0. The molecule has 0 aliphatic carbocycles. The first-order valence-corrected chi connectivity index (χ1v) is 5.57. The second kappa shape index (κ2) is 5.26. The average Bonchev–Trinajstić information content (AvgIpc) is 2.89. The summed E-state index contributed by atoms with van der Waals surface area (Å²) in [6.07, 6.45) is 1.56. The van der Waals surface area contributed by atoms with E-state index in [1.165, 1.54) is 6.07 Å². The molecule has 6 nitrogen and oxygen atoms in total. The number of anilines is 1. The van der Waals surface area contributed by atoms with Gasteiger partial charge in [0.2, 0.25) is 11.8 Å². The number of benzene rings is 1. The van der Waals surface area contributed by atoms with Gasteiger partial charge in [0.05, 0.1) is 12.8 Å². The maximum atomic E-state index is 11.2. The van der Waals surface area contributed by atoms with E-state index < -0.39 is 11.8 Å². The quantitative estimate of drug-likeness (QED) is 0.746. The highest BCUT2D eigenvalue weighted by atomic mass is 16.3. The lowest BCUT2D eigenvalue weighted by Crippen LogP contribution is -2.16. The van der Waals surface area contributed by atoms with Gasteiger partial charge < -0.3 is 21.2 Å². The number of primary amides is 2. The number of furan rings is 1. The number of nitrogens with one attached hydrogen (secondary N) is 1. The molecule has 2 rings (SSSR count). The van der Waals surface area contributed by atoms with Crippen molar-refractivity contribution in [1.82, 2.24) is 0 Å². The Morgan fingerprint density at radius 2 is 1.74 bits per heavy atom. The molecule has 0 saturated heterocycles. The number of carbonyl (C=O) groups is 2. The second-order valence-corrected chi connectivity index (χ2v) is 3.96. The van der Waals surface area contributed by atoms with Crippen LogP contribution in [0.25, 0.3) is 0 Å². The first-order valence-electron chi connectivity index (χ1n) is 5.57. The lowest BCUT2D eigenvalue weighted by atomic mass is 10.1. The molecule has 2 amide bonds. The maximum absolute atomic E-state index is 11.2. The van der Waals surface area contributed by atoms with E-state index in [4.69, 9.17) is 15.9 Å². The second-order valence-electron chi connectivity index (χ2n) is 3.96. The number of hydrogen-bond donors (Lipinski definition) is 3. The Balaban J connectivity index is 2.23. The van der Waals surface area contributed by atoms with E-state index in [1.807, 2.05) is 0 Å². The summed E-state index contributed by atoms with van der Waals surface area (Å²) in [6.45, 7) is 0.424. The summed E-state index contributed by atoms with van der Waals surface area (Å²) in [6, 6.07) is 8.05. The van der Waals surface area contributed by atoms with Crippen LogP contribution in [0, 0.1) is 0 Å². The van der Waals surface area contributed by atoms with Gasteiger partial charge in [-0.15, -0.1) is 0 Å². The minimum Gasteiger partial charge on any atom is -0.467 e. The third-order valence-electron chi connectivity index (χ3n) is 2.55. The van der Waals surface area contributed by atoms with Crippen LogP contribution in [0.5, 0.6) is 0 Å². The van der Waals surface area contributed by atoms with Crippen LogP contribution < -0.4 is 16.8 Å². The highest BCUT2D eigenvalue weighted by Gasteiger charge is 2.09. The van der Waals surface area contributed by atoms with E-state index in [0.717, 1.165) is 5.76 Å². The van der Waals surface area contributed by atoms with E-state index in [9.17, 15) is 9.59 Å². The molecule has 0 spiro atoms. The molecule has 1 aromatic carbocycles. The fourth-order valence-electron chi connectivity index (χ4n) is 1.62. The van der Waals surface area contributed by atoms with Crippen molar-refractivity contribution >= 4 is 17.5 Å². The molecule has 0 aliphatic rings. The molecule has 5 N–H and O–H groups in total. The van der Waals surface area contributed by atoms with Crippen LogP contribution >= 0.6 is 0 Å². The fraction of sp³-hybridized carbons (Fsp3) is 0.0769. The molecule has 2 aromatic rings. The predicted molar refractivity (Wildman–Crippen MR) is 69.5 cm³/mol. The van der Waals surface area contributed by atoms with Crippen molar-refractivity contribution in [2.75, 3.05) is 5.32 Å². The number of rotatable bonds is 5. The molecule has 98 valence electrons. The Hall–Kier alpha value is -2.76. The minimum atomic E-state index is -0.621. The molecule has 0 fully saturated rings. The molecule has 1 heterocycles. The van der Waals surface area contributed by atoms with Crippen LogP contribution in [-0.2, 0) is 6.54 Å². The number of carbonyl (C=O) groups excluding carboxylic acids is 2. The van der Waals surface area contributed by atoms with Crippen molar-refractivity contribution in [3.05, 3.63) is 53.5 Å². The monoisotopic (exact) mass is 259 g/mol. The van der Waals surface area contributed by atoms with Crippen LogP contribution in [0.1, 0.15) is 26.5 Å². The van der Waals surface area contributed by atoms with Crippen molar-refractivity contribution < 1.29 is 14.0 Å². The van der Waals surface area contributed by atoms with Crippen LogP contribution in [0.4, 0.5) is 5.69 Å². The smallest absolute Gasteiger partial charge is 0.248 e. The molecule has 0 bridgehead atoms. The van der Waals surface area contributed by atoms with E-state index in [0.29, 0.717) is 12.2 Å². The van der Waals surface area contributed by atoms with Crippen LogP contribution in [0.3, 0.4) is 0 Å². The summed E-state index contributed by atoms with van der Waals surface area (Å²) in [5, 5.41) is 3.03. The molecule has 6 heteroatoms. The van der Waals surface area contributed by atoms with Crippen LogP contribution in [0.15, 0.2) is 41.0 Å². The lowest BCUT2D eigenvalue weighted by Gasteiger charge is -2.08. The molecule has 0 aliphatic heterocycles. The molecule has 0 unspecified atom stereocenters. The highest BCUT2D eigenvalue weighted by molar-refractivity contribution is 5.99. The van der Waals surface area contributed by atoms with Gasteiger partial charge in [0.1, 0.15) is 5.76 Å². The zero-order valence-electron chi connectivity index (χ0n) is 10.1. The van der Waals surface area contributed by atoms with E-state index >= 15 is 0 Å². The van der Waals surface area contributed by atoms with Gasteiger partial charge in [0.15, 0.2) is 0 Å². The third kappa shape index (κ3) is 3.12. The zero-order chi connectivity index (χ0) is 13.8. The van der Waals surface area contributed by atoms with Crippen LogP contribution in [-0.4, -0.2) is 11.8 Å². The molecule has 0 radical (unpaired) electrons. The average molecular weight is 259 g/mol. The summed E-state index contributed by atoms with van der Waals surface area (Å²) in [5.74, 6) is -0.515. The molecule has 0 saturated carbocycles. The van der Waals surface area contributed by atoms with Crippen molar-refractivity contribution in [3.8, 4) is 0 Å². The standard InChI is InChI=1S/C13H13N3O3/c14-12(17)8-4-9(13(15)18)6-10(5-8)16-7-11-2-1-3-19-11/h1-6,16H,7H2,(H2,14,17)(H2,15,18). The van der Waals surface area contributed by atoms with E-state index in [-0.39, 0.29) is 11.1 Å². The maximum Gasteiger partial charge on any atom is 0.248 e. The Morgan fingerprint density at radius 3 is 2.21 bits per heavy atom. The van der Waals surface area contributed by atoms with E-state index in [2.05, 4.69) is 5.32 Å². The predicted octanol–water partition coefficient (Wildman–Crippen LogP) is 1.09. The Morgan fingerprint density at radius 1 is 1.11 bits per heavy atom. The molecule has 19 heavy (non-hydrogen) atoms. The van der Waals surface area contributed by atoms with Gasteiger partial charge in [-0.1, -0.05) is 0 Å². The number of hydrogen-bond acceptors (Lipinski definition) is 4. The first kappa shape index (κ1) is 12.7. The number of nitrogens with two attached hydrogens (primary N) is 2. The lowest BCUT2D eigenvalue weighted by molar-refractivity contribution is 0.0999. The summed E-state index contributed by atoms with van der Waals surface area (Å²) >= 11 is 0. The van der Waals surface area contributed by atoms with Gasteiger partial charge in [-0.2, -0.15) is 0 Å². The fourth-order valence-corrected chi connectivity index (χ4v) is 1.62. The molecular formula is C13H13N3O3. The van der Waals surface area contributed by atoms with Gasteiger partial charge >= 0.3 is 0 Å². The van der Waals surface area contributed by atoms with Gasteiger partial charge in [0, 0.05) is 16.8 Å². The summed E-state index contributed by atoms with van der Waals surface area (Å²) < 4.78 is 5.16. The number of amides is 2. The van der Waals surface area contributed by atoms with Gasteiger partial charge in [-0.3, -0.25) is 9.59 Å². The van der Waals surface area contributed by atoms with Crippen molar-refractivity contribution in [2.45, 2.75) is 6.54 Å². The zero-order valence-corrected chi connectivity index (χ0v) is 10.1. The van der Waals surface area contributed by atoms with Gasteiger partial charge in [-0.05, 0) is 30.3 Å². The minimum absolute atomic E-state index is 0.221. The van der Waals surface area contributed by atoms with Crippen molar-refractivity contribution in [3.63, 3.8) is 0 Å². The van der Waals surface area contributed by atoms with Gasteiger partial charge in [-0.25, -0.2) is 0 Å². The largest absolute Gasteiger partial charge is 0.467 e. The Kier molecular flexibility index (Phi) is 3.51. The molecular weight excluding hydrogens is 246 g/mol. The van der Waals surface area contributed by atoms with Crippen molar-refractivity contribution in [2.24, 2.45) is 11.5 Å². The topological polar surface area (TPSA) is 111 Å². The van der Waals surface area contributed by atoms with Gasteiger partial charge in [0.25, 0.3) is 0 Å². The highest BCUT2D eigenvalue weighted by Crippen LogP contribution is 2.16. The molecule has 1 aromatic heterocycles. The normalized spacial score (nSPS) is 10.1. The third-order valence-corrected chi connectivity index (χ3v) is 2.55. The Bertz CT molecular complexity index is 573. The SMILES string of the molecule is NC(=O)c1cc(NCc2ccco2)cc(C(N)=O)c1. The molecule has 0 atom stereocenters. The van der Waals surface area contributed by atoms with Crippen molar-refractivity contribution in [1.29, 1.82) is 0 Å². The first-order chi connectivity index (χ1) is 9.06. The Labute approximate surface area is 109 Å². The van der Waals surface area contributed by atoms with Crippen LogP contribution in [0.2, 0.25) is 0 Å². The van der Waals surface area contributed by atoms with E-state index in [1.54, 1.807) is 30.5 Å². The summed E-state index contributed by atoms with van der Waals surface area (Å²) in [5.41, 5.74) is 11.4. The summed E-state index contributed by atoms with van der Waals surface area (Å²) in [4.78, 5) is 22.4.